The molecule has 0 aromatic rings. The van der Waals surface area contributed by atoms with Crippen LogP contribution in [0.4, 0.5) is 0 Å². The lowest BCUT2D eigenvalue weighted by Gasteiger charge is -2.40. The van der Waals surface area contributed by atoms with Crippen LogP contribution in [0, 0.1) is 0 Å². The molecule has 5 N–H and O–H groups in total. The zero-order valence-electron chi connectivity index (χ0n) is 36.3. The summed E-state index contributed by atoms with van der Waals surface area (Å²) in [5, 5.41) is 30.8. The van der Waals surface area contributed by atoms with Crippen molar-refractivity contribution in [1.29, 1.82) is 0 Å². The molecule has 1 aliphatic heterocycles. The van der Waals surface area contributed by atoms with Gasteiger partial charge in [0.1, 0.15) is 31.0 Å². The number of nitrogens with two attached hydrogens (primary N) is 1. The number of unbranched alkanes of at least 4 members (excludes halogenated alkanes) is 29. The van der Waals surface area contributed by atoms with Gasteiger partial charge in [-0.1, -0.05) is 200 Å². The van der Waals surface area contributed by atoms with E-state index in [9.17, 15) is 24.9 Å². The van der Waals surface area contributed by atoms with E-state index in [0.717, 1.165) is 38.5 Å². The summed E-state index contributed by atoms with van der Waals surface area (Å²) in [5.74, 6) is -0.753. The largest absolute Gasteiger partial charge is 0.462 e. The number of carbonyl (C=O) groups excluding carboxylic acids is 2. The first-order valence-corrected chi connectivity index (χ1v) is 23.7. The van der Waals surface area contributed by atoms with Gasteiger partial charge in [-0.05, 0) is 12.8 Å². The van der Waals surface area contributed by atoms with Crippen molar-refractivity contribution < 1.29 is 43.9 Å². The van der Waals surface area contributed by atoms with Gasteiger partial charge in [0.05, 0.1) is 6.61 Å². The predicted molar refractivity (Wildman–Crippen MR) is 226 cm³/mol. The van der Waals surface area contributed by atoms with Crippen LogP contribution in [0.15, 0.2) is 0 Å². The molecular formula is C46H89NO9. The van der Waals surface area contributed by atoms with Crippen LogP contribution in [-0.2, 0) is 28.5 Å². The average molecular weight is 800 g/mol. The van der Waals surface area contributed by atoms with Gasteiger partial charge >= 0.3 is 11.9 Å². The molecule has 1 aliphatic rings. The number of ether oxygens (including phenoxy) is 4. The molecule has 0 aromatic carbocycles. The summed E-state index contributed by atoms with van der Waals surface area (Å²) in [4.78, 5) is 25.4. The van der Waals surface area contributed by atoms with Gasteiger partial charge in [-0.3, -0.25) is 9.59 Å². The van der Waals surface area contributed by atoms with Crippen molar-refractivity contribution >= 4 is 11.9 Å². The Bertz CT molecular complexity index is 891. The number of hydrogen-bond acceptors (Lipinski definition) is 10. The van der Waals surface area contributed by atoms with Crippen molar-refractivity contribution in [3.05, 3.63) is 0 Å². The van der Waals surface area contributed by atoms with Gasteiger partial charge in [-0.15, -0.1) is 0 Å². The second-order valence-corrected chi connectivity index (χ2v) is 16.6. The summed E-state index contributed by atoms with van der Waals surface area (Å²) < 4.78 is 22.4. The highest BCUT2D eigenvalue weighted by molar-refractivity contribution is 5.70. The Labute approximate surface area is 343 Å². The molecule has 0 saturated carbocycles. The molecule has 1 saturated heterocycles. The molecule has 1 heterocycles. The first-order valence-electron chi connectivity index (χ1n) is 23.7. The minimum Gasteiger partial charge on any atom is -0.462 e. The van der Waals surface area contributed by atoms with Crippen LogP contribution < -0.4 is 5.73 Å². The number of aliphatic hydroxyl groups is 3. The van der Waals surface area contributed by atoms with Crippen LogP contribution in [-0.4, -0.2) is 83.8 Å². The average Bonchev–Trinajstić information content (AvgIpc) is 3.19. The normalized spacial score (nSPS) is 20.3. The number of carbonyl (C=O) groups is 2. The molecule has 56 heavy (non-hydrogen) atoms. The van der Waals surface area contributed by atoms with Crippen LogP contribution in [0.1, 0.15) is 226 Å². The van der Waals surface area contributed by atoms with Gasteiger partial charge in [0.15, 0.2) is 12.4 Å². The minimum atomic E-state index is -1.53. The summed E-state index contributed by atoms with van der Waals surface area (Å²) >= 11 is 0. The Balaban J connectivity index is 2.29. The standard InChI is InChI=1S/C46H89NO9/c1-3-5-7-9-11-13-15-17-19-21-23-25-27-29-31-33-35-42(49)55-39(38-54-46-45(52)44(51)43(50)40(36-47)56-46)37-53-41(48)34-32-30-28-26-24-22-20-18-16-14-12-10-8-6-4-2/h39-40,43-46,50-52H,3-38,47H2,1-2H3. The highest BCUT2D eigenvalue weighted by Gasteiger charge is 2.44. The molecule has 0 radical (unpaired) electrons. The van der Waals surface area contributed by atoms with Crippen LogP contribution in [0.3, 0.4) is 0 Å². The summed E-state index contributed by atoms with van der Waals surface area (Å²) in [7, 11) is 0. The third kappa shape index (κ3) is 29.0. The van der Waals surface area contributed by atoms with E-state index < -0.39 is 42.8 Å². The Kier molecular flexibility index (Phi) is 35.7. The summed E-state index contributed by atoms with van der Waals surface area (Å²) in [6.45, 7) is 4.03. The van der Waals surface area contributed by atoms with E-state index >= 15 is 0 Å². The smallest absolute Gasteiger partial charge is 0.306 e. The first kappa shape index (κ1) is 52.7. The Morgan fingerprint density at radius 2 is 0.857 bits per heavy atom. The van der Waals surface area contributed by atoms with E-state index in [1.54, 1.807) is 0 Å². The Morgan fingerprint density at radius 1 is 0.500 bits per heavy atom. The molecule has 0 aliphatic carbocycles. The Hall–Kier alpha value is -1.30. The number of esters is 2. The van der Waals surface area contributed by atoms with Gasteiger partial charge in [0, 0.05) is 19.4 Å². The third-order valence-corrected chi connectivity index (χ3v) is 11.3. The van der Waals surface area contributed by atoms with Crippen LogP contribution in [0.5, 0.6) is 0 Å². The van der Waals surface area contributed by atoms with E-state index in [-0.39, 0.29) is 32.1 Å². The van der Waals surface area contributed by atoms with Crippen LogP contribution in [0.25, 0.3) is 0 Å². The minimum absolute atomic E-state index is 0.0839. The van der Waals surface area contributed by atoms with Gasteiger partial charge in [-0.2, -0.15) is 0 Å². The molecule has 332 valence electrons. The highest BCUT2D eigenvalue weighted by Crippen LogP contribution is 2.22. The van der Waals surface area contributed by atoms with E-state index in [0.29, 0.717) is 6.42 Å². The van der Waals surface area contributed by atoms with Crippen molar-refractivity contribution in [1.82, 2.24) is 0 Å². The fourth-order valence-corrected chi connectivity index (χ4v) is 7.53. The fourth-order valence-electron chi connectivity index (χ4n) is 7.53. The molecule has 0 bridgehead atoms. The zero-order chi connectivity index (χ0) is 40.9. The highest BCUT2D eigenvalue weighted by atomic mass is 16.7. The summed E-state index contributed by atoms with van der Waals surface area (Å²) in [6.07, 6.45) is 31.8. The predicted octanol–water partition coefficient (Wildman–Crippen LogP) is 10.1. The zero-order valence-corrected chi connectivity index (χ0v) is 36.3. The number of hydrogen-bond donors (Lipinski definition) is 4. The lowest BCUT2D eigenvalue weighted by atomic mass is 9.99. The van der Waals surface area contributed by atoms with E-state index in [1.165, 1.54) is 161 Å². The van der Waals surface area contributed by atoms with Crippen molar-refractivity contribution in [2.45, 2.75) is 263 Å². The topological polar surface area (TPSA) is 158 Å². The molecule has 10 nitrogen and oxygen atoms in total. The number of aliphatic hydroxyl groups excluding tert-OH is 3. The first-order chi connectivity index (χ1) is 27.3. The van der Waals surface area contributed by atoms with E-state index in [2.05, 4.69) is 13.8 Å². The summed E-state index contributed by atoms with van der Waals surface area (Å²) in [5.41, 5.74) is 5.65. The van der Waals surface area contributed by atoms with Crippen LogP contribution in [0.2, 0.25) is 0 Å². The maximum absolute atomic E-state index is 12.8. The Morgan fingerprint density at radius 3 is 1.23 bits per heavy atom. The van der Waals surface area contributed by atoms with Crippen molar-refractivity contribution in [3.8, 4) is 0 Å². The second-order valence-electron chi connectivity index (χ2n) is 16.6. The van der Waals surface area contributed by atoms with Gasteiger partial charge < -0.3 is 40.0 Å². The molecule has 1 fully saturated rings. The SMILES string of the molecule is CCCCCCCCCCCCCCCCCCC(=O)OC(COC(=O)CCCCCCCCCCCCCCCCC)COC1OC(CN)C(O)C(O)C1O. The molecule has 0 amide bonds. The quantitative estimate of drug-likeness (QED) is 0.0347. The molecule has 0 spiro atoms. The lowest BCUT2D eigenvalue weighted by Crippen LogP contribution is -2.60. The van der Waals surface area contributed by atoms with E-state index in [4.69, 9.17) is 24.7 Å². The molecule has 6 unspecified atom stereocenters. The van der Waals surface area contributed by atoms with Gasteiger partial charge in [0.25, 0.3) is 0 Å². The lowest BCUT2D eigenvalue weighted by molar-refractivity contribution is -0.299. The van der Waals surface area contributed by atoms with Gasteiger partial charge in [-0.25, -0.2) is 0 Å². The van der Waals surface area contributed by atoms with E-state index in [1.807, 2.05) is 0 Å². The van der Waals surface area contributed by atoms with Crippen molar-refractivity contribution in [2.75, 3.05) is 19.8 Å². The molecular weight excluding hydrogens is 711 g/mol. The monoisotopic (exact) mass is 800 g/mol. The molecule has 10 heteroatoms. The fraction of sp³-hybridized carbons (Fsp3) is 0.957. The van der Waals surface area contributed by atoms with Crippen molar-refractivity contribution in [2.24, 2.45) is 5.73 Å². The molecule has 6 atom stereocenters. The van der Waals surface area contributed by atoms with Crippen molar-refractivity contribution in [3.63, 3.8) is 0 Å². The maximum Gasteiger partial charge on any atom is 0.306 e. The van der Waals surface area contributed by atoms with Crippen LogP contribution >= 0.6 is 0 Å². The second kappa shape index (κ2) is 37.9. The maximum atomic E-state index is 12.8. The molecule has 1 rings (SSSR count). The number of rotatable bonds is 40. The van der Waals surface area contributed by atoms with Gasteiger partial charge in [0.2, 0.25) is 0 Å². The third-order valence-electron chi connectivity index (χ3n) is 11.3. The molecule has 0 aromatic heterocycles. The summed E-state index contributed by atoms with van der Waals surface area (Å²) in [6, 6.07) is 0.